The number of amides is 1. The monoisotopic (exact) mass is 378 g/mol. The number of benzene rings is 1. The average Bonchev–Trinajstić information content (AvgIpc) is 2.64. The molecule has 9 nitrogen and oxygen atoms in total. The number of aromatic nitrogens is 1. The lowest BCUT2D eigenvalue weighted by atomic mass is 10.0. The molecule has 0 saturated carbocycles. The van der Waals surface area contributed by atoms with E-state index < -0.39 is 10.8 Å². The van der Waals surface area contributed by atoms with Crippen molar-refractivity contribution in [1.82, 2.24) is 10.3 Å². The number of nitrogens with one attached hydrogen (secondary N) is 1. The van der Waals surface area contributed by atoms with Crippen LogP contribution in [0.2, 0.25) is 5.02 Å². The maximum atomic E-state index is 12.0. The van der Waals surface area contributed by atoms with Gasteiger partial charge >= 0.3 is 0 Å². The van der Waals surface area contributed by atoms with Gasteiger partial charge in [-0.1, -0.05) is 41.0 Å². The zero-order chi connectivity index (χ0) is 19.1. The maximum Gasteiger partial charge on any atom is 0.289 e. The highest BCUT2D eigenvalue weighted by Crippen LogP contribution is 2.26. The summed E-state index contributed by atoms with van der Waals surface area (Å²) in [4.78, 5) is 30.7. The Morgan fingerprint density at radius 3 is 2.77 bits per heavy atom. The van der Waals surface area contributed by atoms with Crippen LogP contribution in [0.5, 0.6) is 5.88 Å². The minimum absolute atomic E-state index is 0.00812. The quantitative estimate of drug-likeness (QED) is 0.449. The first-order valence-corrected chi connectivity index (χ1v) is 7.70. The lowest BCUT2D eigenvalue weighted by Crippen LogP contribution is -2.29. The van der Waals surface area contributed by atoms with E-state index in [1.165, 1.54) is 14.2 Å². The predicted octanol–water partition coefficient (Wildman–Crippen LogP) is 2.32. The van der Waals surface area contributed by atoms with Gasteiger partial charge in [-0.15, -0.1) is 0 Å². The van der Waals surface area contributed by atoms with Crippen LogP contribution in [0.15, 0.2) is 41.7 Å². The fourth-order valence-corrected chi connectivity index (χ4v) is 2.28. The van der Waals surface area contributed by atoms with Crippen LogP contribution < -0.4 is 10.1 Å². The summed E-state index contributed by atoms with van der Waals surface area (Å²) in [5, 5.41) is 17.0. The van der Waals surface area contributed by atoms with Crippen molar-refractivity contribution in [2.75, 3.05) is 14.2 Å². The van der Waals surface area contributed by atoms with Gasteiger partial charge in [-0.3, -0.25) is 14.9 Å². The Labute approximate surface area is 153 Å². The molecule has 2 rings (SSSR count). The molecule has 0 aliphatic rings. The van der Waals surface area contributed by atoms with E-state index in [4.69, 9.17) is 21.2 Å². The Morgan fingerprint density at radius 2 is 2.15 bits per heavy atom. The van der Waals surface area contributed by atoms with Gasteiger partial charge in [-0.2, -0.15) is 0 Å². The van der Waals surface area contributed by atoms with Crippen LogP contribution in [0.25, 0.3) is 0 Å². The lowest BCUT2D eigenvalue weighted by molar-refractivity contribution is -0.385. The second-order valence-corrected chi connectivity index (χ2v) is 5.29. The third-order valence-corrected chi connectivity index (χ3v) is 3.54. The van der Waals surface area contributed by atoms with Gasteiger partial charge in [-0.25, -0.2) is 4.98 Å². The zero-order valence-corrected chi connectivity index (χ0v) is 14.7. The van der Waals surface area contributed by atoms with E-state index in [0.29, 0.717) is 11.1 Å². The van der Waals surface area contributed by atoms with E-state index in [2.05, 4.69) is 15.5 Å². The molecule has 10 heteroatoms. The van der Waals surface area contributed by atoms with Crippen molar-refractivity contribution in [1.29, 1.82) is 0 Å². The van der Waals surface area contributed by atoms with Crippen molar-refractivity contribution < 1.29 is 19.3 Å². The van der Waals surface area contributed by atoms with E-state index in [9.17, 15) is 14.9 Å². The number of carbonyl (C=O) groups excluding carboxylic acids is 1. The second kappa shape index (κ2) is 8.77. The molecule has 0 fully saturated rings. The van der Waals surface area contributed by atoms with Gasteiger partial charge < -0.3 is 14.9 Å². The summed E-state index contributed by atoms with van der Waals surface area (Å²) in [5.41, 5.74) is 0.976. The Bertz CT molecular complexity index is 856. The van der Waals surface area contributed by atoms with Crippen LogP contribution in [0, 0.1) is 10.1 Å². The molecule has 1 amide bonds. The summed E-state index contributed by atoms with van der Waals surface area (Å²) in [6.07, 6.45) is 1.05. The molecular weight excluding hydrogens is 364 g/mol. The number of hydrogen-bond acceptors (Lipinski definition) is 7. The van der Waals surface area contributed by atoms with Gasteiger partial charge in [-0.05, 0) is 5.56 Å². The molecule has 0 atom stereocenters. The highest BCUT2D eigenvalue weighted by Gasteiger charge is 2.18. The van der Waals surface area contributed by atoms with Crippen LogP contribution in [-0.2, 0) is 16.2 Å². The fourth-order valence-electron chi connectivity index (χ4n) is 2.07. The number of nitrogens with zero attached hydrogens (tertiary/aromatic N) is 3. The first kappa shape index (κ1) is 19.1. The van der Waals surface area contributed by atoms with Gasteiger partial charge in [0.2, 0.25) is 5.88 Å². The van der Waals surface area contributed by atoms with E-state index in [-0.39, 0.29) is 28.9 Å². The predicted molar refractivity (Wildman–Crippen MR) is 94.3 cm³/mol. The second-order valence-electron chi connectivity index (χ2n) is 4.89. The molecule has 0 radical (unpaired) electrons. The highest BCUT2D eigenvalue weighted by atomic mass is 35.5. The van der Waals surface area contributed by atoms with Gasteiger partial charge in [0.25, 0.3) is 11.6 Å². The number of oxime groups is 1. The number of rotatable bonds is 7. The number of pyridine rings is 1. The number of ether oxygens (including phenoxy) is 1. The van der Waals surface area contributed by atoms with Crippen molar-refractivity contribution in [2.24, 2.45) is 5.16 Å². The number of halogens is 1. The summed E-state index contributed by atoms with van der Waals surface area (Å²) in [6.45, 7) is 0.0143. The summed E-state index contributed by atoms with van der Waals surface area (Å²) < 4.78 is 5.55. The maximum absolute atomic E-state index is 12.0. The van der Waals surface area contributed by atoms with Crippen LogP contribution in [0.3, 0.4) is 0 Å². The third kappa shape index (κ3) is 4.45. The fraction of sp³-hybridized carbons (Fsp3) is 0.188. The number of hydrogen-bond donors (Lipinski definition) is 1. The summed E-state index contributed by atoms with van der Waals surface area (Å²) in [5.74, 6) is -0.386. The molecule has 136 valence electrons. The SMILES string of the molecule is CNC(=O)/C(=N\OC)c1ccccc1COc1ncc([N+](=O)[O-])cc1Cl. The summed E-state index contributed by atoms with van der Waals surface area (Å²) in [6, 6.07) is 8.09. The molecule has 0 spiro atoms. The molecule has 1 aromatic carbocycles. The molecule has 1 N–H and O–H groups in total. The Hall–Kier alpha value is -3.20. The third-order valence-electron chi connectivity index (χ3n) is 3.27. The molecule has 2 aromatic rings. The van der Waals surface area contributed by atoms with E-state index in [1.807, 2.05) is 0 Å². The van der Waals surface area contributed by atoms with Crippen molar-refractivity contribution in [3.63, 3.8) is 0 Å². The van der Waals surface area contributed by atoms with Crippen LogP contribution in [0.4, 0.5) is 5.69 Å². The Morgan fingerprint density at radius 1 is 1.42 bits per heavy atom. The van der Waals surface area contributed by atoms with Gasteiger partial charge in [0, 0.05) is 18.7 Å². The lowest BCUT2D eigenvalue weighted by Gasteiger charge is -2.12. The van der Waals surface area contributed by atoms with Crippen molar-refractivity contribution in [2.45, 2.75) is 6.61 Å². The first-order valence-electron chi connectivity index (χ1n) is 7.32. The van der Waals surface area contributed by atoms with Gasteiger partial charge in [0.1, 0.15) is 24.9 Å². The van der Waals surface area contributed by atoms with Crippen molar-refractivity contribution in [3.05, 3.63) is 62.8 Å². The van der Waals surface area contributed by atoms with E-state index in [1.54, 1.807) is 24.3 Å². The van der Waals surface area contributed by atoms with Crippen LogP contribution >= 0.6 is 11.6 Å². The average molecular weight is 379 g/mol. The molecule has 0 unspecified atom stereocenters. The number of likely N-dealkylation sites (N-methyl/N-ethyl adjacent to an activating group) is 1. The number of carbonyl (C=O) groups is 1. The summed E-state index contributed by atoms with van der Waals surface area (Å²) in [7, 11) is 2.82. The molecule has 0 aliphatic heterocycles. The van der Waals surface area contributed by atoms with Gasteiger partial charge in [0.15, 0.2) is 5.71 Å². The van der Waals surface area contributed by atoms with Crippen molar-refractivity contribution in [3.8, 4) is 5.88 Å². The van der Waals surface area contributed by atoms with Gasteiger partial charge in [0.05, 0.1) is 4.92 Å². The van der Waals surface area contributed by atoms with Crippen LogP contribution in [-0.4, -0.2) is 35.7 Å². The highest BCUT2D eigenvalue weighted by molar-refractivity contribution is 6.45. The molecule has 1 aromatic heterocycles. The molecule has 0 bridgehead atoms. The first-order chi connectivity index (χ1) is 12.5. The topological polar surface area (TPSA) is 116 Å². The smallest absolute Gasteiger partial charge is 0.289 e. The van der Waals surface area contributed by atoms with E-state index >= 15 is 0 Å². The molecular formula is C16H15ClN4O5. The molecule has 26 heavy (non-hydrogen) atoms. The largest absolute Gasteiger partial charge is 0.472 e. The van der Waals surface area contributed by atoms with Crippen LogP contribution in [0.1, 0.15) is 11.1 Å². The minimum atomic E-state index is -0.602. The Kier molecular flexibility index (Phi) is 6.45. The zero-order valence-electron chi connectivity index (χ0n) is 13.9. The minimum Gasteiger partial charge on any atom is -0.472 e. The molecule has 0 saturated heterocycles. The molecule has 0 aliphatic carbocycles. The normalized spacial score (nSPS) is 11.0. The standard InChI is InChI=1S/C16H15ClN4O5/c1-18-15(22)14(20-25-2)12-6-4-3-5-10(12)9-26-16-13(17)7-11(8-19-16)21(23)24/h3-8H,9H2,1-2H3,(H,18,22)/b20-14-. The number of nitro groups is 1. The molecule has 1 heterocycles. The van der Waals surface area contributed by atoms with Crippen molar-refractivity contribution >= 4 is 28.9 Å². The summed E-state index contributed by atoms with van der Waals surface area (Å²) >= 11 is 5.96. The Balaban J connectivity index is 2.27. The van der Waals surface area contributed by atoms with E-state index in [0.717, 1.165) is 12.3 Å².